The van der Waals surface area contributed by atoms with Gasteiger partial charge in [-0.1, -0.05) is 18.7 Å². The molecule has 151 valence electrons. The molecule has 1 aliphatic heterocycles. The van der Waals surface area contributed by atoms with Gasteiger partial charge in [-0.15, -0.1) is 11.3 Å². The summed E-state index contributed by atoms with van der Waals surface area (Å²) in [6.07, 6.45) is 1.07. The number of nitrogens with one attached hydrogen (secondary N) is 1. The monoisotopic (exact) mass is 627 g/mol. The van der Waals surface area contributed by atoms with Gasteiger partial charge in [0.15, 0.2) is 5.01 Å². The molecule has 0 unspecified atom stereocenters. The third kappa shape index (κ3) is 6.64. The number of ketones is 2. The van der Waals surface area contributed by atoms with Gasteiger partial charge in [-0.05, 0) is 44.4 Å². The SMILES string of the molecule is CC(N)=NCCC[C@H](NC(=O)[C@@H]1CC(=O)C[N-]1)C(=O)c1nc2ccccc2s1.[Ac]. The summed E-state index contributed by atoms with van der Waals surface area (Å²) < 4.78 is 0.913. The Kier molecular flexibility index (Phi) is 9.34. The number of nitrogens with two attached hydrogens (primary N) is 1. The van der Waals surface area contributed by atoms with Gasteiger partial charge < -0.3 is 21.2 Å². The fourth-order valence-electron chi connectivity index (χ4n) is 2.95. The zero-order valence-electron chi connectivity index (χ0n) is 16.1. The first kappa shape index (κ1) is 24.1. The molecule has 1 amide bonds. The van der Waals surface area contributed by atoms with Gasteiger partial charge >= 0.3 is 0 Å². The molecule has 10 heteroatoms. The first-order valence-corrected chi connectivity index (χ1v) is 9.90. The van der Waals surface area contributed by atoms with Crippen LogP contribution in [0.2, 0.25) is 0 Å². The zero-order valence-corrected chi connectivity index (χ0v) is 21.7. The molecule has 0 bridgehead atoms. The minimum Gasteiger partial charge on any atom is -0.645 e. The van der Waals surface area contributed by atoms with Crippen LogP contribution in [-0.2, 0) is 9.59 Å². The van der Waals surface area contributed by atoms with Gasteiger partial charge in [0.05, 0.1) is 22.1 Å². The van der Waals surface area contributed by atoms with Crippen LogP contribution in [0.5, 0.6) is 0 Å². The van der Waals surface area contributed by atoms with Crippen LogP contribution in [0.4, 0.5) is 0 Å². The Balaban J connectivity index is 0.00000300. The number of nitrogens with zero attached hydrogens (tertiary/aromatic N) is 3. The van der Waals surface area contributed by atoms with Gasteiger partial charge in [0.1, 0.15) is 5.78 Å². The second-order valence-corrected chi connectivity index (χ2v) is 7.71. The summed E-state index contributed by atoms with van der Waals surface area (Å²) in [7, 11) is 0. The number of fused-ring (bicyclic) bond motifs is 1. The summed E-state index contributed by atoms with van der Waals surface area (Å²) in [5.74, 6) is -0.237. The number of carbonyl (C=O) groups is 3. The molecule has 0 spiro atoms. The van der Waals surface area contributed by atoms with E-state index in [4.69, 9.17) is 5.73 Å². The van der Waals surface area contributed by atoms with Gasteiger partial charge in [0.25, 0.3) is 0 Å². The van der Waals surface area contributed by atoms with E-state index in [2.05, 4.69) is 20.6 Å². The van der Waals surface area contributed by atoms with Crippen molar-refractivity contribution in [1.29, 1.82) is 0 Å². The molecule has 0 aliphatic carbocycles. The third-order valence-electron chi connectivity index (χ3n) is 4.36. The average molecular weight is 627 g/mol. The first-order valence-electron chi connectivity index (χ1n) is 9.09. The summed E-state index contributed by atoms with van der Waals surface area (Å²) in [6, 6.07) is 6.04. The predicted octanol–water partition coefficient (Wildman–Crippen LogP) is 1.84. The van der Waals surface area contributed by atoms with Crippen LogP contribution in [-0.4, -0.2) is 53.5 Å². The molecule has 1 aliphatic rings. The molecule has 1 fully saturated rings. The molecule has 1 aromatic carbocycles. The Labute approximate surface area is 208 Å². The number of hydrogen-bond acceptors (Lipinski definition) is 6. The molecule has 3 N–H and O–H groups in total. The van der Waals surface area contributed by atoms with Gasteiger partial charge in [0.2, 0.25) is 11.7 Å². The van der Waals surface area contributed by atoms with Crippen molar-refractivity contribution >= 4 is 44.9 Å². The normalized spacial score (nSPS) is 17.8. The standard InChI is InChI=1S/C19H22N5O3S.Ac/c1-11(20)21-8-4-6-14(23-18(27)15-9-12(25)10-22-15)17(26)19-24-13-5-2-3-7-16(13)28-19;/h2-3,5,7,14-15H,4,6,8-10H2,1H3,(H2,20,21)(H,23,27);/q-1;/t14-,15-;/m0./s1. The van der Waals surface area contributed by atoms with E-state index in [9.17, 15) is 14.4 Å². The summed E-state index contributed by atoms with van der Waals surface area (Å²) in [6.45, 7) is 2.22. The number of para-hydroxylation sites is 1. The number of aliphatic imine (C=N–C) groups is 1. The smallest absolute Gasteiger partial charge is 0.213 e. The van der Waals surface area contributed by atoms with E-state index >= 15 is 0 Å². The van der Waals surface area contributed by atoms with Crippen LogP contribution in [0.1, 0.15) is 36.0 Å². The summed E-state index contributed by atoms with van der Waals surface area (Å²) in [5, 5.41) is 7.15. The van der Waals surface area contributed by atoms with Crippen molar-refractivity contribution < 1.29 is 58.4 Å². The number of thiazole rings is 1. The maximum atomic E-state index is 13.0. The Morgan fingerprint density at radius 1 is 1.41 bits per heavy atom. The van der Waals surface area contributed by atoms with Crippen molar-refractivity contribution in [2.45, 2.75) is 38.3 Å². The van der Waals surface area contributed by atoms with Crippen LogP contribution in [0.15, 0.2) is 29.3 Å². The number of carbonyl (C=O) groups excluding carboxylic acids is 3. The largest absolute Gasteiger partial charge is 0.645 e. The Morgan fingerprint density at radius 2 is 2.17 bits per heavy atom. The van der Waals surface area contributed by atoms with Crippen molar-refractivity contribution in [2.75, 3.05) is 13.1 Å². The van der Waals surface area contributed by atoms with E-state index in [0.29, 0.717) is 30.2 Å². The molecule has 2 heterocycles. The number of benzene rings is 1. The Hall–Kier alpha value is -1.21. The van der Waals surface area contributed by atoms with Gasteiger partial charge in [-0.25, -0.2) is 4.98 Å². The van der Waals surface area contributed by atoms with E-state index < -0.39 is 18.0 Å². The topological polar surface area (TPSA) is 129 Å². The van der Waals surface area contributed by atoms with Crippen molar-refractivity contribution in [3.05, 3.63) is 34.6 Å². The molecule has 2 aromatic rings. The molecule has 8 nitrogen and oxygen atoms in total. The maximum Gasteiger partial charge on any atom is 0.213 e. The third-order valence-corrected chi connectivity index (χ3v) is 5.41. The minimum absolute atomic E-state index is 0. The van der Waals surface area contributed by atoms with Crippen molar-refractivity contribution in [3.8, 4) is 0 Å². The number of amidine groups is 1. The summed E-state index contributed by atoms with van der Waals surface area (Å²) >= 11 is 1.30. The van der Waals surface area contributed by atoms with Crippen molar-refractivity contribution in [3.63, 3.8) is 0 Å². The van der Waals surface area contributed by atoms with Crippen LogP contribution in [0.25, 0.3) is 15.5 Å². The first-order chi connectivity index (χ1) is 13.4. The van der Waals surface area contributed by atoms with Gasteiger partial charge in [0, 0.05) is 50.6 Å². The van der Waals surface area contributed by atoms with Gasteiger partial charge in [-0.2, -0.15) is 0 Å². The second-order valence-electron chi connectivity index (χ2n) is 6.68. The fourth-order valence-corrected chi connectivity index (χ4v) is 3.91. The molecule has 1 radical (unpaired) electrons. The van der Waals surface area contributed by atoms with Crippen LogP contribution >= 0.6 is 11.3 Å². The molecule has 3 rings (SSSR count). The molecule has 1 aromatic heterocycles. The number of Topliss-reactive ketones (excluding diaryl/α,β-unsaturated/α-hetero) is 2. The van der Waals surface area contributed by atoms with E-state index in [1.54, 1.807) is 6.92 Å². The quantitative estimate of drug-likeness (QED) is 0.200. The Bertz CT molecular complexity index is 892. The zero-order chi connectivity index (χ0) is 20.1. The number of hydrogen-bond donors (Lipinski definition) is 2. The number of amides is 1. The minimum atomic E-state index is -0.743. The number of aromatic nitrogens is 1. The van der Waals surface area contributed by atoms with Crippen LogP contribution < -0.4 is 11.1 Å². The average Bonchev–Trinajstić information content (AvgIpc) is 3.29. The van der Waals surface area contributed by atoms with E-state index in [1.165, 1.54) is 11.3 Å². The van der Waals surface area contributed by atoms with E-state index in [1.807, 2.05) is 24.3 Å². The number of rotatable bonds is 8. The second kappa shape index (κ2) is 11.3. The van der Waals surface area contributed by atoms with E-state index in [0.717, 1.165) is 10.2 Å². The fraction of sp³-hybridized carbons (Fsp3) is 0.421. The van der Waals surface area contributed by atoms with Crippen molar-refractivity contribution in [1.82, 2.24) is 10.3 Å². The van der Waals surface area contributed by atoms with Crippen LogP contribution in [0.3, 0.4) is 0 Å². The van der Waals surface area contributed by atoms with E-state index in [-0.39, 0.29) is 68.6 Å². The predicted molar refractivity (Wildman–Crippen MR) is 109 cm³/mol. The Morgan fingerprint density at radius 3 is 2.83 bits per heavy atom. The molecular weight excluding hydrogens is 605 g/mol. The molecule has 2 atom stereocenters. The summed E-state index contributed by atoms with van der Waals surface area (Å²) in [4.78, 5) is 45.4. The molecular formula is C19H22AcN5O3S-. The van der Waals surface area contributed by atoms with Gasteiger partial charge in [-0.3, -0.25) is 14.6 Å². The molecule has 29 heavy (non-hydrogen) atoms. The molecule has 1 saturated heterocycles. The maximum absolute atomic E-state index is 13.0. The van der Waals surface area contributed by atoms with Crippen molar-refractivity contribution in [2.24, 2.45) is 10.7 Å². The van der Waals surface area contributed by atoms with Crippen LogP contribution in [0, 0.1) is 44.1 Å². The molecule has 0 saturated carbocycles. The summed E-state index contributed by atoms with van der Waals surface area (Å²) in [5.41, 5.74) is 6.29.